The fourth-order valence-corrected chi connectivity index (χ4v) is 4.23. The Bertz CT molecular complexity index is 1360. The average Bonchev–Trinajstić information content (AvgIpc) is 3.11. The van der Waals surface area contributed by atoms with Crippen molar-refractivity contribution in [2.75, 3.05) is 7.11 Å². The zero-order chi connectivity index (χ0) is 20.4. The number of methoxy groups -OCH3 is 1. The van der Waals surface area contributed by atoms with E-state index < -0.39 is 11.9 Å². The van der Waals surface area contributed by atoms with E-state index in [1.54, 1.807) is 28.8 Å². The summed E-state index contributed by atoms with van der Waals surface area (Å²) in [5.41, 5.74) is 1.65. The van der Waals surface area contributed by atoms with Crippen molar-refractivity contribution in [2.24, 2.45) is 4.99 Å². The third-order valence-electron chi connectivity index (χ3n) is 4.55. The second-order valence-electron chi connectivity index (χ2n) is 6.29. The highest BCUT2D eigenvalue weighted by Crippen LogP contribution is 2.27. The summed E-state index contributed by atoms with van der Waals surface area (Å²) >= 11 is 1.35. The van der Waals surface area contributed by atoms with E-state index in [-0.39, 0.29) is 6.54 Å². The zero-order valence-corrected chi connectivity index (χ0v) is 16.3. The van der Waals surface area contributed by atoms with Gasteiger partial charge >= 0.3 is 5.97 Å². The molecule has 1 aromatic heterocycles. The number of nitrogens with zero attached hydrogens (tertiary/aromatic N) is 3. The molecule has 1 heterocycles. The number of amides is 1. The van der Waals surface area contributed by atoms with E-state index in [2.05, 4.69) is 4.99 Å². The maximum Gasteiger partial charge on any atom is 0.325 e. The quantitative estimate of drug-likeness (QED) is 0.491. The molecule has 0 saturated heterocycles. The Morgan fingerprint density at radius 1 is 1.10 bits per heavy atom. The van der Waals surface area contributed by atoms with Crippen LogP contribution in [-0.4, -0.2) is 23.6 Å². The van der Waals surface area contributed by atoms with Gasteiger partial charge in [0.25, 0.3) is 5.91 Å². The van der Waals surface area contributed by atoms with Crippen molar-refractivity contribution in [1.82, 2.24) is 4.57 Å². The largest absolute Gasteiger partial charge is 0.468 e. The van der Waals surface area contributed by atoms with Gasteiger partial charge in [0.2, 0.25) is 0 Å². The lowest BCUT2D eigenvalue weighted by molar-refractivity contribution is -0.141. The monoisotopic (exact) mass is 401 g/mol. The third kappa shape index (κ3) is 3.53. The Balaban J connectivity index is 1.91. The number of carbonyl (C=O) groups is 2. The number of benzene rings is 3. The van der Waals surface area contributed by atoms with Crippen molar-refractivity contribution in [3.63, 3.8) is 0 Å². The van der Waals surface area contributed by atoms with E-state index in [4.69, 9.17) is 10.00 Å². The van der Waals surface area contributed by atoms with Crippen molar-refractivity contribution in [3.8, 4) is 6.07 Å². The van der Waals surface area contributed by atoms with Crippen molar-refractivity contribution >= 4 is 44.2 Å². The van der Waals surface area contributed by atoms with Crippen LogP contribution in [-0.2, 0) is 16.1 Å². The molecule has 6 nitrogen and oxygen atoms in total. The van der Waals surface area contributed by atoms with Gasteiger partial charge in [-0.2, -0.15) is 10.3 Å². The normalized spacial score (nSPS) is 11.5. The van der Waals surface area contributed by atoms with Crippen LogP contribution in [0.4, 0.5) is 0 Å². The van der Waals surface area contributed by atoms with Crippen LogP contribution in [0, 0.1) is 11.3 Å². The van der Waals surface area contributed by atoms with Crippen LogP contribution >= 0.6 is 11.3 Å². The highest BCUT2D eigenvalue weighted by atomic mass is 32.1. The first-order valence-corrected chi connectivity index (χ1v) is 9.59. The number of esters is 1. The van der Waals surface area contributed by atoms with Gasteiger partial charge in [0, 0.05) is 10.9 Å². The second-order valence-corrected chi connectivity index (χ2v) is 7.27. The van der Waals surface area contributed by atoms with E-state index in [1.807, 2.05) is 42.5 Å². The van der Waals surface area contributed by atoms with E-state index in [9.17, 15) is 9.59 Å². The molecule has 29 heavy (non-hydrogen) atoms. The van der Waals surface area contributed by atoms with Gasteiger partial charge in [-0.3, -0.25) is 9.59 Å². The number of hydrogen-bond acceptors (Lipinski definition) is 5. The topological polar surface area (TPSA) is 84.5 Å². The maximum absolute atomic E-state index is 12.7. The van der Waals surface area contributed by atoms with Gasteiger partial charge in [0.1, 0.15) is 6.54 Å². The summed E-state index contributed by atoms with van der Waals surface area (Å²) in [6, 6.07) is 20.1. The molecule has 1 amide bonds. The lowest BCUT2D eigenvalue weighted by Gasteiger charge is -2.04. The van der Waals surface area contributed by atoms with Gasteiger partial charge in [0.05, 0.1) is 29.0 Å². The summed E-state index contributed by atoms with van der Waals surface area (Å²) in [6.45, 7) is -0.0473. The van der Waals surface area contributed by atoms with Gasteiger partial charge in [-0.1, -0.05) is 41.7 Å². The Hall–Kier alpha value is -3.76. The summed E-state index contributed by atoms with van der Waals surface area (Å²) in [7, 11) is 1.32. The predicted molar refractivity (Wildman–Crippen MR) is 110 cm³/mol. The first-order chi connectivity index (χ1) is 14.1. The Morgan fingerprint density at radius 2 is 1.86 bits per heavy atom. The average molecular weight is 401 g/mol. The molecule has 0 unspecified atom stereocenters. The van der Waals surface area contributed by atoms with Crippen molar-refractivity contribution in [3.05, 3.63) is 76.6 Å². The lowest BCUT2D eigenvalue weighted by Crippen LogP contribution is -2.22. The molecule has 4 aromatic rings. The van der Waals surface area contributed by atoms with Gasteiger partial charge in [0.15, 0.2) is 4.80 Å². The first kappa shape index (κ1) is 18.6. The lowest BCUT2D eigenvalue weighted by atomic mass is 10.1. The van der Waals surface area contributed by atoms with Gasteiger partial charge in [-0.05, 0) is 35.7 Å². The van der Waals surface area contributed by atoms with Crippen molar-refractivity contribution in [2.45, 2.75) is 6.54 Å². The molecular weight excluding hydrogens is 386 g/mol. The molecule has 0 aliphatic carbocycles. The smallest absolute Gasteiger partial charge is 0.325 e. The van der Waals surface area contributed by atoms with Gasteiger partial charge in [-0.15, -0.1) is 0 Å². The Morgan fingerprint density at radius 3 is 2.59 bits per heavy atom. The van der Waals surface area contributed by atoms with Crippen LogP contribution in [0.3, 0.4) is 0 Å². The molecule has 0 saturated carbocycles. The van der Waals surface area contributed by atoms with E-state index in [1.165, 1.54) is 18.4 Å². The number of hydrogen-bond donors (Lipinski definition) is 0. The third-order valence-corrected chi connectivity index (χ3v) is 5.67. The predicted octanol–water partition coefficient (Wildman–Crippen LogP) is 3.64. The summed E-state index contributed by atoms with van der Waals surface area (Å²) in [5.74, 6) is -0.867. The fraction of sp³-hybridized carbons (Fsp3) is 0.0909. The summed E-state index contributed by atoms with van der Waals surface area (Å²) < 4.78 is 7.45. The standard InChI is InChI=1S/C22H15N3O3S/c1-28-19(26)13-25-18-11-10-15-4-2-3-5-17(15)20(18)29-22(25)24-21(27)16-8-6-14(12-23)7-9-16/h2-11H,13H2,1H3. The number of rotatable bonds is 3. The van der Waals surface area contributed by atoms with Crippen LogP contribution in [0.25, 0.3) is 21.0 Å². The van der Waals surface area contributed by atoms with Crippen LogP contribution < -0.4 is 4.80 Å². The molecule has 0 aliphatic rings. The molecule has 0 radical (unpaired) electrons. The molecule has 0 N–H and O–H groups in total. The van der Waals surface area contributed by atoms with Crippen LogP contribution in [0.15, 0.2) is 65.7 Å². The van der Waals surface area contributed by atoms with Crippen LogP contribution in [0.2, 0.25) is 0 Å². The minimum absolute atomic E-state index is 0.0473. The van der Waals surface area contributed by atoms with Crippen LogP contribution in [0.5, 0.6) is 0 Å². The maximum atomic E-state index is 12.7. The minimum Gasteiger partial charge on any atom is -0.468 e. The Labute approximate surface area is 169 Å². The molecule has 0 bridgehead atoms. The number of thiazole rings is 1. The highest BCUT2D eigenvalue weighted by Gasteiger charge is 2.14. The number of aromatic nitrogens is 1. The van der Waals surface area contributed by atoms with Crippen molar-refractivity contribution in [1.29, 1.82) is 5.26 Å². The Kier molecular flexibility index (Phi) is 4.94. The number of nitriles is 1. The minimum atomic E-state index is -0.441. The molecule has 0 aliphatic heterocycles. The summed E-state index contributed by atoms with van der Waals surface area (Å²) in [6.07, 6.45) is 0. The highest BCUT2D eigenvalue weighted by molar-refractivity contribution is 7.17. The van der Waals surface area contributed by atoms with Crippen molar-refractivity contribution < 1.29 is 14.3 Å². The number of ether oxygens (including phenoxy) is 1. The molecular formula is C22H15N3O3S. The molecule has 7 heteroatoms. The molecule has 4 rings (SSSR count). The zero-order valence-electron chi connectivity index (χ0n) is 15.5. The molecule has 0 atom stereocenters. The number of carbonyl (C=O) groups excluding carboxylic acids is 2. The van der Waals surface area contributed by atoms with E-state index in [0.717, 1.165) is 21.0 Å². The summed E-state index contributed by atoms with van der Waals surface area (Å²) in [5, 5.41) is 11.0. The number of fused-ring (bicyclic) bond motifs is 3. The fourth-order valence-electron chi connectivity index (χ4n) is 3.07. The van der Waals surface area contributed by atoms with Gasteiger partial charge in [-0.25, -0.2) is 0 Å². The molecule has 0 fully saturated rings. The SMILES string of the molecule is COC(=O)Cn1c(=NC(=O)c2ccc(C#N)cc2)sc2c3ccccc3ccc21. The first-order valence-electron chi connectivity index (χ1n) is 8.78. The van der Waals surface area contributed by atoms with Crippen LogP contribution in [0.1, 0.15) is 15.9 Å². The molecule has 3 aromatic carbocycles. The van der Waals surface area contributed by atoms with Gasteiger partial charge < -0.3 is 9.30 Å². The summed E-state index contributed by atoms with van der Waals surface area (Å²) in [4.78, 5) is 29.3. The molecule has 0 spiro atoms. The van der Waals surface area contributed by atoms with E-state index >= 15 is 0 Å². The second kappa shape index (κ2) is 7.70. The van der Waals surface area contributed by atoms with E-state index in [0.29, 0.717) is 15.9 Å². The molecule has 142 valence electrons.